The van der Waals surface area contributed by atoms with Gasteiger partial charge >= 0.3 is 5.97 Å². The molecule has 0 fully saturated rings. The van der Waals surface area contributed by atoms with Crippen LogP contribution in [0, 0.1) is 0 Å². The Bertz CT molecular complexity index is 643. The van der Waals surface area contributed by atoms with Gasteiger partial charge < -0.3 is 15.2 Å². The predicted octanol–water partition coefficient (Wildman–Crippen LogP) is 2.72. The maximum absolute atomic E-state index is 11.2. The number of carboxylic acids is 1. The molecular formula is C15H14N2O3. The first-order chi connectivity index (χ1) is 9.75. The highest BCUT2D eigenvalue weighted by atomic mass is 16.5. The molecule has 0 saturated carbocycles. The number of hydrogen-bond acceptors (Lipinski definition) is 4. The SMILES string of the molecule is O=C(O)c1ncccc1NC1CCOc2ccccc21. The number of aromatic nitrogens is 1. The van der Waals surface area contributed by atoms with Gasteiger partial charge in [-0.2, -0.15) is 0 Å². The number of fused-ring (bicyclic) bond motifs is 1. The molecule has 1 aliphatic heterocycles. The largest absolute Gasteiger partial charge is 0.493 e. The number of ether oxygens (including phenoxy) is 1. The minimum absolute atomic E-state index is 0.0299. The van der Waals surface area contributed by atoms with E-state index in [1.807, 2.05) is 24.3 Å². The molecule has 0 bridgehead atoms. The topological polar surface area (TPSA) is 71.5 Å². The van der Waals surface area contributed by atoms with E-state index in [-0.39, 0.29) is 11.7 Å². The third-order valence-corrected chi connectivity index (χ3v) is 3.30. The fourth-order valence-corrected chi connectivity index (χ4v) is 2.37. The van der Waals surface area contributed by atoms with Crippen LogP contribution in [0.4, 0.5) is 5.69 Å². The third kappa shape index (κ3) is 2.30. The van der Waals surface area contributed by atoms with Gasteiger partial charge in [0.15, 0.2) is 5.69 Å². The standard InChI is InChI=1S/C15H14N2O3/c18-15(19)14-12(5-3-8-16-14)17-11-7-9-20-13-6-2-1-4-10(11)13/h1-6,8,11,17H,7,9H2,(H,18,19). The van der Waals surface area contributed by atoms with Crippen molar-refractivity contribution in [3.05, 3.63) is 53.9 Å². The summed E-state index contributed by atoms with van der Waals surface area (Å²) in [7, 11) is 0. The maximum atomic E-state index is 11.2. The highest BCUT2D eigenvalue weighted by molar-refractivity contribution is 5.91. The van der Waals surface area contributed by atoms with Crippen molar-refractivity contribution in [2.45, 2.75) is 12.5 Å². The average Bonchev–Trinajstić information content (AvgIpc) is 2.48. The van der Waals surface area contributed by atoms with Crippen LogP contribution in [0.3, 0.4) is 0 Å². The Morgan fingerprint density at radius 3 is 3.00 bits per heavy atom. The molecule has 0 radical (unpaired) electrons. The number of anilines is 1. The van der Waals surface area contributed by atoms with Gasteiger partial charge in [-0.25, -0.2) is 9.78 Å². The first-order valence-corrected chi connectivity index (χ1v) is 6.42. The summed E-state index contributed by atoms with van der Waals surface area (Å²) in [5.74, 6) is -0.189. The zero-order valence-electron chi connectivity index (χ0n) is 10.7. The van der Waals surface area contributed by atoms with Gasteiger partial charge in [-0.05, 0) is 18.2 Å². The fourth-order valence-electron chi connectivity index (χ4n) is 2.37. The molecule has 0 spiro atoms. The van der Waals surface area contributed by atoms with Crippen molar-refractivity contribution >= 4 is 11.7 Å². The van der Waals surface area contributed by atoms with Crippen molar-refractivity contribution in [1.29, 1.82) is 0 Å². The molecule has 1 unspecified atom stereocenters. The minimum Gasteiger partial charge on any atom is -0.493 e. The van der Waals surface area contributed by atoms with Crippen molar-refractivity contribution in [3.8, 4) is 5.75 Å². The van der Waals surface area contributed by atoms with Crippen LogP contribution in [-0.2, 0) is 0 Å². The molecule has 0 amide bonds. The Morgan fingerprint density at radius 1 is 1.30 bits per heavy atom. The van der Waals surface area contributed by atoms with E-state index >= 15 is 0 Å². The highest BCUT2D eigenvalue weighted by Gasteiger charge is 2.22. The summed E-state index contributed by atoms with van der Waals surface area (Å²) in [5.41, 5.74) is 1.61. The smallest absolute Gasteiger partial charge is 0.356 e. The van der Waals surface area contributed by atoms with Crippen LogP contribution in [0.25, 0.3) is 0 Å². The molecule has 5 nitrogen and oxygen atoms in total. The Morgan fingerprint density at radius 2 is 2.15 bits per heavy atom. The molecular weight excluding hydrogens is 256 g/mol. The molecule has 20 heavy (non-hydrogen) atoms. The second-order valence-electron chi connectivity index (χ2n) is 4.58. The van der Waals surface area contributed by atoms with Crippen LogP contribution in [0.5, 0.6) is 5.75 Å². The van der Waals surface area contributed by atoms with Crippen molar-refractivity contribution in [3.63, 3.8) is 0 Å². The van der Waals surface area contributed by atoms with Crippen LogP contribution in [0.15, 0.2) is 42.6 Å². The highest BCUT2D eigenvalue weighted by Crippen LogP contribution is 2.34. The number of para-hydroxylation sites is 1. The predicted molar refractivity (Wildman–Crippen MR) is 74.1 cm³/mol. The lowest BCUT2D eigenvalue weighted by Gasteiger charge is -2.27. The summed E-state index contributed by atoms with van der Waals surface area (Å²) in [4.78, 5) is 15.1. The summed E-state index contributed by atoms with van der Waals surface area (Å²) in [6, 6.07) is 11.3. The molecule has 102 valence electrons. The summed E-state index contributed by atoms with van der Waals surface area (Å²) in [6.07, 6.45) is 2.26. The van der Waals surface area contributed by atoms with Crippen molar-refractivity contribution in [2.75, 3.05) is 11.9 Å². The lowest BCUT2D eigenvalue weighted by atomic mass is 10.00. The zero-order chi connectivity index (χ0) is 13.9. The van der Waals surface area contributed by atoms with Crippen molar-refractivity contribution in [2.24, 2.45) is 0 Å². The molecule has 2 aromatic rings. The van der Waals surface area contributed by atoms with E-state index in [0.717, 1.165) is 17.7 Å². The fraction of sp³-hybridized carbons (Fsp3) is 0.200. The van der Waals surface area contributed by atoms with Gasteiger partial charge in [0, 0.05) is 18.2 Å². The number of nitrogens with one attached hydrogen (secondary N) is 1. The van der Waals surface area contributed by atoms with Gasteiger partial charge in [0.1, 0.15) is 5.75 Å². The van der Waals surface area contributed by atoms with Crippen LogP contribution < -0.4 is 10.1 Å². The maximum Gasteiger partial charge on any atom is 0.356 e. The number of hydrogen-bond donors (Lipinski definition) is 2. The first kappa shape index (κ1) is 12.5. The van der Waals surface area contributed by atoms with Gasteiger partial charge in [0.25, 0.3) is 0 Å². The molecule has 0 aliphatic carbocycles. The van der Waals surface area contributed by atoms with E-state index in [4.69, 9.17) is 9.84 Å². The Hall–Kier alpha value is -2.56. The third-order valence-electron chi connectivity index (χ3n) is 3.30. The molecule has 3 rings (SSSR count). The number of nitrogens with zero attached hydrogens (tertiary/aromatic N) is 1. The quantitative estimate of drug-likeness (QED) is 0.897. The summed E-state index contributed by atoms with van der Waals surface area (Å²) < 4.78 is 5.60. The second kappa shape index (κ2) is 5.21. The van der Waals surface area contributed by atoms with E-state index < -0.39 is 5.97 Å². The zero-order valence-corrected chi connectivity index (χ0v) is 10.7. The van der Waals surface area contributed by atoms with E-state index in [9.17, 15) is 4.79 Å². The van der Waals surface area contributed by atoms with Gasteiger partial charge in [0.05, 0.1) is 18.3 Å². The molecule has 1 aromatic carbocycles. The van der Waals surface area contributed by atoms with E-state index in [0.29, 0.717) is 12.3 Å². The Kier molecular flexibility index (Phi) is 3.25. The van der Waals surface area contributed by atoms with Crippen LogP contribution in [0.2, 0.25) is 0 Å². The minimum atomic E-state index is -1.03. The number of benzene rings is 1. The van der Waals surface area contributed by atoms with Gasteiger partial charge in [0.2, 0.25) is 0 Å². The molecule has 1 aromatic heterocycles. The second-order valence-corrected chi connectivity index (χ2v) is 4.58. The lowest BCUT2D eigenvalue weighted by molar-refractivity contribution is 0.0691. The van der Waals surface area contributed by atoms with Crippen LogP contribution in [0.1, 0.15) is 28.5 Å². The molecule has 1 aliphatic rings. The Balaban J connectivity index is 1.92. The summed E-state index contributed by atoms with van der Waals surface area (Å²) in [6.45, 7) is 0.608. The average molecular weight is 270 g/mol. The number of aromatic carboxylic acids is 1. The van der Waals surface area contributed by atoms with Gasteiger partial charge in [-0.15, -0.1) is 0 Å². The number of carbonyl (C=O) groups is 1. The van der Waals surface area contributed by atoms with Gasteiger partial charge in [-0.1, -0.05) is 18.2 Å². The van der Waals surface area contributed by atoms with E-state index in [1.54, 1.807) is 12.1 Å². The Labute approximate surface area is 116 Å². The number of rotatable bonds is 3. The lowest BCUT2D eigenvalue weighted by Crippen LogP contribution is -2.21. The van der Waals surface area contributed by atoms with E-state index in [2.05, 4.69) is 10.3 Å². The van der Waals surface area contributed by atoms with Crippen molar-refractivity contribution < 1.29 is 14.6 Å². The molecule has 2 heterocycles. The summed E-state index contributed by atoms with van der Waals surface area (Å²) in [5, 5.41) is 12.4. The molecule has 1 atom stereocenters. The monoisotopic (exact) mass is 270 g/mol. The number of pyridine rings is 1. The van der Waals surface area contributed by atoms with Gasteiger partial charge in [-0.3, -0.25) is 0 Å². The number of carboxylic acid groups (broad SMARTS) is 1. The van der Waals surface area contributed by atoms with Crippen LogP contribution in [-0.4, -0.2) is 22.7 Å². The molecule has 2 N–H and O–H groups in total. The van der Waals surface area contributed by atoms with Crippen molar-refractivity contribution in [1.82, 2.24) is 4.98 Å². The van der Waals surface area contributed by atoms with Crippen LogP contribution >= 0.6 is 0 Å². The first-order valence-electron chi connectivity index (χ1n) is 6.42. The normalized spacial score (nSPS) is 16.9. The molecule has 0 saturated heterocycles. The van der Waals surface area contributed by atoms with E-state index in [1.165, 1.54) is 6.20 Å². The summed E-state index contributed by atoms with van der Waals surface area (Å²) >= 11 is 0. The molecule has 5 heteroatoms.